The Bertz CT molecular complexity index is 238. The Morgan fingerprint density at radius 2 is 0.909 bits per heavy atom. The molecule has 1 atom stereocenters. The molecule has 0 saturated carbocycles. The van der Waals surface area contributed by atoms with Crippen LogP contribution in [0.5, 0.6) is 0 Å². The number of nitrogens with zero attached hydrogens (tertiary/aromatic N) is 2. The van der Waals surface area contributed by atoms with E-state index in [-0.39, 0.29) is 0 Å². The van der Waals surface area contributed by atoms with Gasteiger partial charge in [-0.25, -0.2) is 0 Å². The van der Waals surface area contributed by atoms with Crippen molar-refractivity contribution in [2.24, 2.45) is 23.7 Å². The molecule has 0 radical (unpaired) electrons. The first-order valence-corrected chi connectivity index (χ1v) is 9.58. The molecule has 0 saturated heterocycles. The first-order chi connectivity index (χ1) is 10.1. The van der Waals surface area contributed by atoms with Crippen LogP contribution in [0.25, 0.3) is 0 Å². The number of hydrogen-bond acceptors (Lipinski definition) is 2. The van der Waals surface area contributed by atoms with E-state index in [1.807, 2.05) is 0 Å². The zero-order chi connectivity index (χ0) is 17.3. The fourth-order valence-corrected chi connectivity index (χ4v) is 3.21. The fourth-order valence-electron chi connectivity index (χ4n) is 3.21. The van der Waals surface area contributed by atoms with Crippen LogP contribution in [0.1, 0.15) is 68.7 Å². The van der Waals surface area contributed by atoms with Crippen molar-refractivity contribution < 1.29 is 0 Å². The number of hydrogen-bond donors (Lipinski definition) is 0. The molecule has 0 bridgehead atoms. The summed E-state index contributed by atoms with van der Waals surface area (Å²) in [6.07, 6.45) is 1.29. The maximum Gasteiger partial charge on any atom is 0.00793 e. The lowest BCUT2D eigenvalue weighted by Crippen LogP contribution is -2.41. The third kappa shape index (κ3) is 11.5. The zero-order valence-corrected chi connectivity index (χ0v) is 17.0. The summed E-state index contributed by atoms with van der Waals surface area (Å²) in [5, 5.41) is 0. The molecule has 0 heterocycles. The summed E-state index contributed by atoms with van der Waals surface area (Å²) in [4.78, 5) is 5.38. The van der Waals surface area contributed by atoms with Crippen molar-refractivity contribution in [3.63, 3.8) is 0 Å². The van der Waals surface area contributed by atoms with Gasteiger partial charge in [-0.3, -0.25) is 0 Å². The zero-order valence-electron chi connectivity index (χ0n) is 17.0. The molecule has 22 heavy (non-hydrogen) atoms. The van der Waals surface area contributed by atoms with Crippen LogP contribution in [0.15, 0.2) is 0 Å². The van der Waals surface area contributed by atoms with Crippen molar-refractivity contribution in [3.8, 4) is 0 Å². The average molecular weight is 313 g/mol. The topological polar surface area (TPSA) is 6.48 Å². The van der Waals surface area contributed by atoms with E-state index in [2.05, 4.69) is 72.1 Å². The van der Waals surface area contributed by atoms with Crippen LogP contribution in [0.3, 0.4) is 0 Å². The second-order valence-corrected chi connectivity index (χ2v) is 8.93. The molecule has 0 aliphatic heterocycles. The lowest BCUT2D eigenvalue weighted by molar-refractivity contribution is 0.136. The van der Waals surface area contributed by atoms with Crippen molar-refractivity contribution in [1.29, 1.82) is 0 Å². The Kier molecular flexibility index (Phi) is 11.4. The lowest BCUT2D eigenvalue weighted by Gasteiger charge is -2.34. The molecule has 0 aromatic rings. The lowest BCUT2D eigenvalue weighted by atomic mass is 10.1. The molecule has 134 valence electrons. The van der Waals surface area contributed by atoms with Crippen molar-refractivity contribution in [2.75, 3.05) is 32.7 Å². The molecule has 0 amide bonds. The minimum atomic E-state index is 0.687. The summed E-state index contributed by atoms with van der Waals surface area (Å²) in [5.74, 6) is 3.03. The van der Waals surface area contributed by atoms with E-state index in [1.165, 1.54) is 39.1 Å². The standard InChI is InChI=1S/C20H44N2/c1-16(2)12-21(13-17(3)4)11-10-20(9)22(14-18(5)6)15-19(7)8/h16-20H,10-15H2,1-9H3. The fraction of sp³-hybridized carbons (Fsp3) is 1.00. The van der Waals surface area contributed by atoms with Gasteiger partial charge in [-0.1, -0.05) is 55.4 Å². The summed E-state index contributed by atoms with van der Waals surface area (Å²) in [5.41, 5.74) is 0. The highest BCUT2D eigenvalue weighted by molar-refractivity contribution is 4.73. The Morgan fingerprint density at radius 1 is 0.545 bits per heavy atom. The predicted molar refractivity (Wildman–Crippen MR) is 101 cm³/mol. The van der Waals surface area contributed by atoms with E-state index >= 15 is 0 Å². The Balaban J connectivity index is 4.50. The third-order valence-corrected chi connectivity index (χ3v) is 3.93. The summed E-state index contributed by atoms with van der Waals surface area (Å²) < 4.78 is 0. The summed E-state index contributed by atoms with van der Waals surface area (Å²) in [6.45, 7) is 27.3. The molecule has 0 aromatic heterocycles. The number of rotatable bonds is 12. The molecule has 1 unspecified atom stereocenters. The van der Waals surface area contributed by atoms with Gasteiger partial charge in [-0.2, -0.15) is 0 Å². The molecule has 0 aliphatic rings. The maximum absolute atomic E-state index is 2.71. The first-order valence-electron chi connectivity index (χ1n) is 9.58. The van der Waals surface area contributed by atoms with Gasteiger partial charge in [0.1, 0.15) is 0 Å². The molecule has 2 heteroatoms. The van der Waals surface area contributed by atoms with E-state index in [1.54, 1.807) is 0 Å². The van der Waals surface area contributed by atoms with Gasteiger partial charge in [0.05, 0.1) is 0 Å². The molecule has 0 fully saturated rings. The van der Waals surface area contributed by atoms with Crippen molar-refractivity contribution >= 4 is 0 Å². The Hall–Kier alpha value is -0.0800. The molecule has 2 nitrogen and oxygen atoms in total. The van der Waals surface area contributed by atoms with E-state index in [9.17, 15) is 0 Å². The summed E-state index contributed by atoms with van der Waals surface area (Å²) >= 11 is 0. The van der Waals surface area contributed by atoms with Crippen LogP contribution < -0.4 is 0 Å². The molecule has 0 aliphatic carbocycles. The summed E-state index contributed by atoms with van der Waals surface area (Å²) in [6, 6.07) is 0.687. The maximum atomic E-state index is 2.71. The highest BCUT2D eigenvalue weighted by Crippen LogP contribution is 2.13. The van der Waals surface area contributed by atoms with Crippen LogP contribution in [0, 0.1) is 23.7 Å². The van der Waals surface area contributed by atoms with Crippen LogP contribution in [0.4, 0.5) is 0 Å². The average Bonchev–Trinajstić information content (AvgIpc) is 2.32. The molecule has 0 N–H and O–H groups in total. The second kappa shape index (κ2) is 11.5. The highest BCUT2D eigenvalue weighted by Gasteiger charge is 2.18. The minimum Gasteiger partial charge on any atom is -0.303 e. The third-order valence-electron chi connectivity index (χ3n) is 3.93. The van der Waals surface area contributed by atoms with E-state index in [4.69, 9.17) is 0 Å². The molecular weight excluding hydrogens is 268 g/mol. The monoisotopic (exact) mass is 312 g/mol. The van der Waals surface area contributed by atoms with Crippen molar-refractivity contribution in [1.82, 2.24) is 9.80 Å². The second-order valence-electron chi connectivity index (χ2n) is 8.93. The Morgan fingerprint density at radius 3 is 1.23 bits per heavy atom. The van der Waals surface area contributed by atoms with Crippen molar-refractivity contribution in [2.45, 2.75) is 74.8 Å². The SMILES string of the molecule is CC(C)CN(CCC(C)N(CC(C)C)CC(C)C)CC(C)C. The van der Waals surface area contributed by atoms with Gasteiger partial charge >= 0.3 is 0 Å². The summed E-state index contributed by atoms with van der Waals surface area (Å²) in [7, 11) is 0. The highest BCUT2D eigenvalue weighted by atomic mass is 15.2. The molecule has 0 spiro atoms. The van der Waals surface area contributed by atoms with Crippen molar-refractivity contribution in [3.05, 3.63) is 0 Å². The van der Waals surface area contributed by atoms with E-state index in [0.29, 0.717) is 6.04 Å². The first kappa shape index (κ1) is 21.9. The quantitative estimate of drug-likeness (QED) is 0.501. The van der Waals surface area contributed by atoms with Gasteiger partial charge < -0.3 is 9.80 Å². The van der Waals surface area contributed by atoms with Gasteiger partial charge in [0.25, 0.3) is 0 Å². The molecule has 0 aromatic carbocycles. The van der Waals surface area contributed by atoms with Gasteiger partial charge in [0.2, 0.25) is 0 Å². The van der Waals surface area contributed by atoms with Gasteiger partial charge in [-0.15, -0.1) is 0 Å². The van der Waals surface area contributed by atoms with E-state index in [0.717, 1.165) is 23.7 Å². The van der Waals surface area contributed by atoms with Crippen LogP contribution in [-0.4, -0.2) is 48.6 Å². The van der Waals surface area contributed by atoms with Gasteiger partial charge in [-0.05, 0) is 43.6 Å². The Labute approximate surface area is 141 Å². The van der Waals surface area contributed by atoms with Crippen LogP contribution in [-0.2, 0) is 0 Å². The molecule has 0 rings (SSSR count). The predicted octanol–water partition coefficient (Wildman–Crippen LogP) is 4.99. The minimum absolute atomic E-state index is 0.687. The van der Waals surface area contributed by atoms with Crippen LogP contribution in [0.2, 0.25) is 0 Å². The van der Waals surface area contributed by atoms with Crippen LogP contribution >= 0.6 is 0 Å². The molecular formula is C20H44N2. The smallest absolute Gasteiger partial charge is 0.00793 e. The largest absolute Gasteiger partial charge is 0.303 e. The van der Waals surface area contributed by atoms with Gasteiger partial charge in [0.15, 0.2) is 0 Å². The van der Waals surface area contributed by atoms with E-state index < -0.39 is 0 Å². The normalized spacial score (nSPS) is 14.3. The van der Waals surface area contributed by atoms with Gasteiger partial charge in [0, 0.05) is 32.2 Å².